The summed E-state index contributed by atoms with van der Waals surface area (Å²) in [6, 6.07) is 15.8. The first-order chi connectivity index (χ1) is 16.0. The molecule has 1 atom stereocenters. The number of carbonyl (C=O) groups is 5. The second-order valence-corrected chi connectivity index (χ2v) is 7.94. The van der Waals surface area contributed by atoms with E-state index in [1.807, 2.05) is 30.3 Å². The van der Waals surface area contributed by atoms with Gasteiger partial charge in [0.2, 0.25) is 17.7 Å². The number of nitrogens with zero attached hydrogens (tertiary/aromatic N) is 2. The van der Waals surface area contributed by atoms with Crippen molar-refractivity contribution in [2.45, 2.75) is 12.8 Å². The molecular weight excluding hydrogens is 424 g/mol. The number of hydrogen-bond acceptors (Lipinski definition) is 5. The van der Waals surface area contributed by atoms with E-state index in [1.54, 1.807) is 29.2 Å². The molecule has 2 aliphatic heterocycles. The number of rotatable bonds is 8. The van der Waals surface area contributed by atoms with E-state index in [2.05, 4.69) is 10.6 Å². The van der Waals surface area contributed by atoms with Crippen LogP contribution >= 0.6 is 0 Å². The standard InChI is InChI=1S/C24H24N4O5/c29-20(10-13-27-23(32)18-8-4-5-9-19(18)24(27)33)25-11-12-26-22(31)16-14-21(30)28(15-16)17-6-2-1-3-7-17/h1-9,16H,10-15H2,(H,25,29)(H,26,31). The number of hydrogen-bond donors (Lipinski definition) is 2. The average molecular weight is 448 g/mol. The van der Waals surface area contributed by atoms with Gasteiger partial charge in [-0.3, -0.25) is 28.9 Å². The van der Waals surface area contributed by atoms with Gasteiger partial charge in [-0.1, -0.05) is 30.3 Å². The Balaban J connectivity index is 1.16. The van der Waals surface area contributed by atoms with Crippen LogP contribution in [-0.2, 0) is 14.4 Å². The topological polar surface area (TPSA) is 116 Å². The van der Waals surface area contributed by atoms with Crippen LogP contribution in [0.25, 0.3) is 0 Å². The molecule has 5 amide bonds. The third kappa shape index (κ3) is 4.77. The van der Waals surface area contributed by atoms with Crippen molar-refractivity contribution >= 4 is 35.2 Å². The summed E-state index contributed by atoms with van der Waals surface area (Å²) in [5, 5.41) is 5.41. The number of para-hydroxylation sites is 1. The molecule has 0 saturated carbocycles. The van der Waals surface area contributed by atoms with Gasteiger partial charge in [-0.25, -0.2) is 0 Å². The minimum absolute atomic E-state index is 0.00988. The van der Waals surface area contributed by atoms with E-state index < -0.39 is 17.7 Å². The van der Waals surface area contributed by atoms with Crippen molar-refractivity contribution in [3.05, 3.63) is 65.7 Å². The van der Waals surface area contributed by atoms with Crippen molar-refractivity contribution in [3.63, 3.8) is 0 Å². The Morgan fingerprint density at radius 2 is 1.45 bits per heavy atom. The van der Waals surface area contributed by atoms with Gasteiger partial charge in [-0.15, -0.1) is 0 Å². The largest absolute Gasteiger partial charge is 0.354 e. The molecule has 0 bridgehead atoms. The average Bonchev–Trinajstić information content (AvgIpc) is 3.34. The first-order valence-electron chi connectivity index (χ1n) is 10.8. The van der Waals surface area contributed by atoms with Crippen LogP contribution < -0.4 is 15.5 Å². The molecule has 1 fully saturated rings. The first-order valence-corrected chi connectivity index (χ1v) is 10.8. The molecule has 9 nitrogen and oxygen atoms in total. The number of nitrogens with one attached hydrogen (secondary N) is 2. The Kier molecular flexibility index (Phi) is 6.48. The molecule has 1 saturated heterocycles. The van der Waals surface area contributed by atoms with Crippen LogP contribution in [-0.4, -0.2) is 60.6 Å². The fourth-order valence-electron chi connectivity index (χ4n) is 4.02. The zero-order valence-corrected chi connectivity index (χ0v) is 18.0. The molecule has 2 aromatic carbocycles. The lowest BCUT2D eigenvalue weighted by Gasteiger charge is -2.16. The molecule has 2 aliphatic rings. The highest BCUT2D eigenvalue weighted by molar-refractivity contribution is 6.21. The maximum atomic E-state index is 12.4. The Morgan fingerprint density at radius 1 is 0.848 bits per heavy atom. The van der Waals surface area contributed by atoms with Crippen molar-refractivity contribution in [1.82, 2.24) is 15.5 Å². The summed E-state index contributed by atoms with van der Waals surface area (Å²) < 4.78 is 0. The highest BCUT2D eigenvalue weighted by Crippen LogP contribution is 2.25. The Labute approximate surface area is 190 Å². The third-order valence-electron chi connectivity index (χ3n) is 5.75. The lowest BCUT2D eigenvalue weighted by atomic mass is 10.1. The summed E-state index contributed by atoms with van der Waals surface area (Å²) in [7, 11) is 0. The van der Waals surface area contributed by atoms with Gasteiger partial charge in [0.1, 0.15) is 0 Å². The van der Waals surface area contributed by atoms with E-state index in [-0.39, 0.29) is 50.2 Å². The Bertz CT molecular complexity index is 1070. The smallest absolute Gasteiger partial charge is 0.261 e. The Morgan fingerprint density at radius 3 is 2.12 bits per heavy atom. The maximum Gasteiger partial charge on any atom is 0.261 e. The van der Waals surface area contributed by atoms with Crippen LogP contribution in [0.1, 0.15) is 33.6 Å². The van der Waals surface area contributed by atoms with E-state index in [4.69, 9.17) is 0 Å². The van der Waals surface area contributed by atoms with Gasteiger partial charge in [-0.05, 0) is 24.3 Å². The van der Waals surface area contributed by atoms with Crippen molar-refractivity contribution in [1.29, 1.82) is 0 Å². The summed E-state index contributed by atoms with van der Waals surface area (Å²) in [5.41, 5.74) is 1.46. The quantitative estimate of drug-likeness (QED) is 0.461. The first kappa shape index (κ1) is 22.2. The van der Waals surface area contributed by atoms with Gasteiger partial charge in [0.25, 0.3) is 11.8 Å². The van der Waals surface area contributed by atoms with Gasteiger partial charge in [0.15, 0.2) is 0 Å². The van der Waals surface area contributed by atoms with Gasteiger partial charge < -0.3 is 15.5 Å². The number of amides is 5. The predicted octanol–water partition coefficient (Wildman–Crippen LogP) is 0.958. The molecule has 0 aromatic heterocycles. The van der Waals surface area contributed by atoms with Crippen molar-refractivity contribution < 1.29 is 24.0 Å². The summed E-state index contributed by atoms with van der Waals surface area (Å²) in [6.45, 7) is 0.731. The van der Waals surface area contributed by atoms with Gasteiger partial charge in [0.05, 0.1) is 17.0 Å². The number of benzene rings is 2. The van der Waals surface area contributed by atoms with Crippen molar-refractivity contribution in [2.24, 2.45) is 5.92 Å². The maximum absolute atomic E-state index is 12.4. The normalized spacial score (nSPS) is 17.3. The third-order valence-corrected chi connectivity index (χ3v) is 5.75. The molecular formula is C24H24N4O5. The summed E-state index contributed by atoms with van der Waals surface area (Å²) in [4.78, 5) is 64.1. The summed E-state index contributed by atoms with van der Waals surface area (Å²) in [6.07, 6.45) is 0.121. The second-order valence-electron chi connectivity index (χ2n) is 7.94. The van der Waals surface area contributed by atoms with E-state index in [0.717, 1.165) is 10.6 Å². The SMILES string of the molecule is O=C(CCN1C(=O)c2ccccc2C1=O)NCCNC(=O)C1CC(=O)N(c2ccccc2)C1. The molecule has 0 aliphatic carbocycles. The van der Waals surface area contributed by atoms with E-state index >= 15 is 0 Å². The Hall–Kier alpha value is -4.01. The minimum atomic E-state index is -0.442. The van der Waals surface area contributed by atoms with Gasteiger partial charge >= 0.3 is 0 Å². The van der Waals surface area contributed by atoms with Crippen LogP contribution in [0.2, 0.25) is 0 Å². The molecule has 9 heteroatoms. The van der Waals surface area contributed by atoms with Crippen molar-refractivity contribution in [3.8, 4) is 0 Å². The van der Waals surface area contributed by atoms with Crippen LogP contribution in [0.5, 0.6) is 0 Å². The zero-order valence-electron chi connectivity index (χ0n) is 18.0. The highest BCUT2D eigenvalue weighted by Gasteiger charge is 2.36. The second kappa shape index (κ2) is 9.64. The van der Waals surface area contributed by atoms with Crippen LogP contribution in [0, 0.1) is 5.92 Å². The monoisotopic (exact) mass is 448 g/mol. The summed E-state index contributed by atoms with van der Waals surface area (Å²) >= 11 is 0. The molecule has 4 rings (SSSR count). The fraction of sp³-hybridized carbons (Fsp3) is 0.292. The van der Waals surface area contributed by atoms with E-state index in [1.165, 1.54) is 0 Å². The fourth-order valence-corrected chi connectivity index (χ4v) is 4.02. The number of anilines is 1. The predicted molar refractivity (Wildman–Crippen MR) is 119 cm³/mol. The number of fused-ring (bicyclic) bond motifs is 1. The lowest BCUT2D eigenvalue weighted by Crippen LogP contribution is -2.39. The number of carbonyl (C=O) groups excluding carboxylic acids is 5. The van der Waals surface area contributed by atoms with Crippen molar-refractivity contribution in [2.75, 3.05) is 31.1 Å². The molecule has 2 aromatic rings. The highest BCUT2D eigenvalue weighted by atomic mass is 16.2. The molecule has 0 spiro atoms. The number of imide groups is 1. The van der Waals surface area contributed by atoms with Crippen LogP contribution in [0.3, 0.4) is 0 Å². The molecule has 0 radical (unpaired) electrons. The van der Waals surface area contributed by atoms with Gasteiger partial charge in [0, 0.05) is 44.7 Å². The molecule has 170 valence electrons. The lowest BCUT2D eigenvalue weighted by molar-refractivity contribution is -0.126. The van der Waals surface area contributed by atoms with E-state index in [9.17, 15) is 24.0 Å². The van der Waals surface area contributed by atoms with Gasteiger partial charge in [-0.2, -0.15) is 0 Å². The van der Waals surface area contributed by atoms with E-state index in [0.29, 0.717) is 17.7 Å². The summed E-state index contributed by atoms with van der Waals surface area (Å²) in [5.74, 6) is -1.89. The van der Waals surface area contributed by atoms with Crippen LogP contribution in [0.15, 0.2) is 54.6 Å². The molecule has 1 unspecified atom stereocenters. The molecule has 2 N–H and O–H groups in total. The minimum Gasteiger partial charge on any atom is -0.354 e. The zero-order chi connectivity index (χ0) is 23.4. The molecule has 2 heterocycles. The van der Waals surface area contributed by atoms with Crippen LogP contribution in [0.4, 0.5) is 5.69 Å². The molecule has 33 heavy (non-hydrogen) atoms.